The Morgan fingerprint density at radius 1 is 1.19 bits per heavy atom. The maximum Gasteiger partial charge on any atom is 0.318 e. The Hall–Kier alpha value is -2.68. The van der Waals surface area contributed by atoms with Gasteiger partial charge in [0.05, 0.1) is 17.3 Å². The molecule has 0 amide bonds. The third-order valence-corrected chi connectivity index (χ3v) is 8.64. The van der Waals surface area contributed by atoms with Gasteiger partial charge in [0.2, 0.25) is 0 Å². The number of likely N-dealkylation sites (N-methyl/N-ethyl adjacent to an activating group) is 2. The van der Waals surface area contributed by atoms with E-state index in [1.807, 2.05) is 18.2 Å². The average Bonchev–Trinajstić information content (AvgIpc) is 3.60. The van der Waals surface area contributed by atoms with E-state index in [4.69, 9.17) is 26.3 Å². The molecule has 37 heavy (non-hydrogen) atoms. The minimum atomic E-state index is -0.400. The van der Waals surface area contributed by atoms with Crippen LogP contribution in [0.15, 0.2) is 30.3 Å². The molecule has 3 aromatic rings. The summed E-state index contributed by atoms with van der Waals surface area (Å²) in [5, 5.41) is 5.31. The Kier molecular flexibility index (Phi) is 6.82. The average molecular weight is 525 g/mol. The first kappa shape index (κ1) is 24.6. The number of hydrogen-bond donors (Lipinski definition) is 1. The second kappa shape index (κ2) is 10.2. The van der Waals surface area contributed by atoms with E-state index in [0.29, 0.717) is 31.2 Å². The number of likely N-dealkylation sites (tertiary alicyclic amines) is 1. The van der Waals surface area contributed by atoms with E-state index >= 15 is 0 Å². The topological polar surface area (TPSA) is 56.8 Å². The molecule has 0 bridgehead atoms. The number of aromatic nitrogens is 2. The highest BCUT2D eigenvalue weighted by atomic mass is 35.5. The standard InChI is InChI=1S/C28H34ClFN6O/c1-34-13-4-6-20(34)17-37-28-32-23-16-36(24-7-3-5-18-8-9-22(30)26(29)25(18)24)14-11-21(23)27(33-28)35(2)19-10-12-31-15-19/h3,5,7-9,19-20,31H,4,6,10-17H2,1-2H3/t19-,20+/m1/s1. The molecule has 2 atom stereocenters. The monoisotopic (exact) mass is 524 g/mol. The number of anilines is 2. The van der Waals surface area contributed by atoms with Crippen molar-refractivity contribution in [3.8, 4) is 6.01 Å². The number of nitrogens with one attached hydrogen (secondary N) is 1. The molecular weight excluding hydrogens is 491 g/mol. The molecular formula is C28H34ClFN6O. The Labute approximate surface area is 222 Å². The minimum Gasteiger partial charge on any atom is -0.462 e. The molecule has 1 aromatic heterocycles. The number of ether oxygens (including phenoxy) is 1. The van der Waals surface area contributed by atoms with Crippen molar-refractivity contribution >= 4 is 33.9 Å². The molecule has 3 aliphatic heterocycles. The van der Waals surface area contributed by atoms with Crippen LogP contribution in [0.4, 0.5) is 15.9 Å². The van der Waals surface area contributed by atoms with Crippen LogP contribution in [0, 0.1) is 5.82 Å². The molecule has 0 unspecified atom stereocenters. The molecule has 9 heteroatoms. The summed E-state index contributed by atoms with van der Waals surface area (Å²) in [7, 11) is 4.28. The molecule has 3 aliphatic rings. The number of benzene rings is 2. The zero-order valence-corrected chi connectivity index (χ0v) is 22.3. The first-order chi connectivity index (χ1) is 18.0. The van der Waals surface area contributed by atoms with Crippen LogP contribution in [-0.2, 0) is 13.0 Å². The first-order valence-corrected chi connectivity index (χ1v) is 13.7. The van der Waals surface area contributed by atoms with Gasteiger partial charge >= 0.3 is 6.01 Å². The highest BCUT2D eigenvalue weighted by Gasteiger charge is 2.30. The largest absolute Gasteiger partial charge is 0.462 e. The van der Waals surface area contributed by atoms with E-state index in [-0.39, 0.29) is 5.02 Å². The molecule has 2 fully saturated rings. The van der Waals surface area contributed by atoms with E-state index in [9.17, 15) is 4.39 Å². The normalized spacial score (nSPS) is 22.0. The highest BCUT2D eigenvalue weighted by Crippen LogP contribution is 2.38. The lowest BCUT2D eigenvalue weighted by Crippen LogP contribution is -2.38. The van der Waals surface area contributed by atoms with Crippen molar-refractivity contribution < 1.29 is 9.13 Å². The molecule has 1 N–H and O–H groups in total. The Morgan fingerprint density at radius 3 is 2.86 bits per heavy atom. The lowest BCUT2D eigenvalue weighted by Gasteiger charge is -2.34. The molecule has 196 valence electrons. The SMILES string of the molecule is CN1CCC[C@H]1COc1nc2c(c(N(C)[C@@H]3CCNC3)n1)CCN(c1cccc3ccc(F)c(Cl)c13)C2. The summed E-state index contributed by atoms with van der Waals surface area (Å²) in [4.78, 5) is 16.8. The van der Waals surface area contributed by atoms with Gasteiger partial charge in [-0.2, -0.15) is 9.97 Å². The number of hydrogen-bond acceptors (Lipinski definition) is 7. The van der Waals surface area contributed by atoms with Crippen molar-refractivity contribution in [3.63, 3.8) is 0 Å². The van der Waals surface area contributed by atoms with Crippen molar-refractivity contribution in [2.75, 3.05) is 56.7 Å². The Bertz CT molecular complexity index is 1300. The van der Waals surface area contributed by atoms with Crippen LogP contribution in [0.2, 0.25) is 5.02 Å². The number of halogens is 2. The second-order valence-corrected chi connectivity index (χ2v) is 10.9. The number of fused-ring (bicyclic) bond motifs is 2. The molecule has 2 saturated heterocycles. The molecule has 2 aromatic carbocycles. The first-order valence-electron chi connectivity index (χ1n) is 13.3. The summed E-state index contributed by atoms with van der Waals surface area (Å²) in [6.07, 6.45) is 4.21. The van der Waals surface area contributed by atoms with Gasteiger partial charge in [0.1, 0.15) is 18.2 Å². The fraction of sp³-hybridized carbons (Fsp3) is 0.500. The summed E-state index contributed by atoms with van der Waals surface area (Å²) in [6.45, 7) is 5.03. The fourth-order valence-corrected chi connectivity index (χ4v) is 6.28. The van der Waals surface area contributed by atoms with Gasteiger partial charge in [-0.15, -0.1) is 0 Å². The fourth-order valence-electron chi connectivity index (χ4n) is 6.01. The molecule has 0 radical (unpaired) electrons. The van der Waals surface area contributed by atoms with Gasteiger partial charge in [0.25, 0.3) is 0 Å². The molecule has 0 aliphatic carbocycles. The van der Waals surface area contributed by atoms with Crippen molar-refractivity contribution in [1.29, 1.82) is 0 Å². The molecule has 7 nitrogen and oxygen atoms in total. The minimum absolute atomic E-state index is 0.167. The lowest BCUT2D eigenvalue weighted by molar-refractivity contribution is 0.187. The van der Waals surface area contributed by atoms with Crippen LogP contribution in [0.25, 0.3) is 10.8 Å². The Balaban J connectivity index is 1.35. The van der Waals surface area contributed by atoms with Crippen LogP contribution in [0.5, 0.6) is 6.01 Å². The Morgan fingerprint density at radius 2 is 2.08 bits per heavy atom. The van der Waals surface area contributed by atoms with Crippen LogP contribution in [0.1, 0.15) is 30.5 Å². The summed E-state index contributed by atoms with van der Waals surface area (Å²) in [5.74, 6) is 0.568. The maximum absolute atomic E-state index is 14.4. The van der Waals surface area contributed by atoms with Gasteiger partial charge < -0.3 is 24.8 Å². The van der Waals surface area contributed by atoms with Crippen molar-refractivity contribution in [1.82, 2.24) is 20.2 Å². The predicted octanol–water partition coefficient (Wildman–Crippen LogP) is 4.26. The van der Waals surface area contributed by atoms with Gasteiger partial charge in [-0.05, 0) is 63.3 Å². The van der Waals surface area contributed by atoms with Gasteiger partial charge in [-0.1, -0.05) is 29.8 Å². The maximum atomic E-state index is 14.4. The number of rotatable bonds is 6. The molecule has 0 saturated carbocycles. The highest BCUT2D eigenvalue weighted by molar-refractivity contribution is 6.36. The quantitative estimate of drug-likeness (QED) is 0.517. The van der Waals surface area contributed by atoms with E-state index in [2.05, 4.69) is 34.1 Å². The summed E-state index contributed by atoms with van der Waals surface area (Å²) in [6, 6.07) is 10.4. The summed E-state index contributed by atoms with van der Waals surface area (Å²) >= 11 is 6.47. The van der Waals surface area contributed by atoms with Crippen molar-refractivity contribution in [3.05, 3.63) is 52.4 Å². The van der Waals surface area contributed by atoms with Gasteiger partial charge in [-0.3, -0.25) is 0 Å². The van der Waals surface area contributed by atoms with Gasteiger partial charge in [-0.25, -0.2) is 4.39 Å². The predicted molar refractivity (Wildman–Crippen MR) is 147 cm³/mol. The van der Waals surface area contributed by atoms with Gasteiger partial charge in [0, 0.05) is 48.9 Å². The lowest BCUT2D eigenvalue weighted by atomic mass is 10.0. The third kappa shape index (κ3) is 4.71. The van der Waals surface area contributed by atoms with E-state index < -0.39 is 5.82 Å². The van der Waals surface area contributed by atoms with E-state index in [0.717, 1.165) is 73.4 Å². The second-order valence-electron chi connectivity index (χ2n) is 10.5. The molecule has 6 rings (SSSR count). The summed E-state index contributed by atoms with van der Waals surface area (Å²) < 4.78 is 20.6. The molecule has 4 heterocycles. The zero-order valence-electron chi connectivity index (χ0n) is 21.5. The van der Waals surface area contributed by atoms with E-state index in [1.54, 1.807) is 6.07 Å². The van der Waals surface area contributed by atoms with Gasteiger partial charge in [0.15, 0.2) is 0 Å². The van der Waals surface area contributed by atoms with E-state index in [1.165, 1.54) is 18.1 Å². The number of nitrogens with zero attached hydrogens (tertiary/aromatic N) is 5. The van der Waals surface area contributed by atoms with Crippen LogP contribution >= 0.6 is 11.6 Å². The van der Waals surface area contributed by atoms with Crippen LogP contribution in [0.3, 0.4) is 0 Å². The van der Waals surface area contributed by atoms with Crippen LogP contribution in [-0.4, -0.2) is 73.8 Å². The molecule has 0 spiro atoms. The zero-order chi connectivity index (χ0) is 25.5. The van der Waals surface area contributed by atoms with Crippen LogP contribution < -0.4 is 19.9 Å². The van der Waals surface area contributed by atoms with Crippen molar-refractivity contribution in [2.45, 2.75) is 44.3 Å². The summed E-state index contributed by atoms with van der Waals surface area (Å²) in [5.41, 5.74) is 3.07. The third-order valence-electron chi connectivity index (χ3n) is 8.27. The van der Waals surface area contributed by atoms with Crippen molar-refractivity contribution in [2.24, 2.45) is 0 Å². The smallest absolute Gasteiger partial charge is 0.318 e.